The summed E-state index contributed by atoms with van der Waals surface area (Å²) >= 11 is 0. The van der Waals surface area contributed by atoms with Crippen LogP contribution in [0.5, 0.6) is 23.0 Å². The van der Waals surface area contributed by atoms with Crippen LogP contribution in [0.1, 0.15) is 26.7 Å². The Morgan fingerprint density at radius 2 is 0.939 bits per heavy atom. The van der Waals surface area contributed by atoms with Crippen LogP contribution in [-0.2, 0) is 19.1 Å². The number of ether oxygens (including phenoxy) is 5. The molecule has 176 valence electrons. The lowest BCUT2D eigenvalue weighted by atomic mass is 10.3. The first-order chi connectivity index (χ1) is 15.8. The largest absolute Gasteiger partial charge is 0.493 e. The second-order valence-corrected chi connectivity index (χ2v) is 7.28. The standard InChI is InChI=1S/C26H30O7/c1-19(2)25(27)31-17-5-15-29-21-7-11-23(12-8-21)33-24-13-9-22(10-14-24)30-16-6-18-32-26(28)20(3)4/h7-14H,1,3,5-6,15-18H2,2,4H3. The molecule has 2 aromatic rings. The predicted octanol–water partition coefficient (Wildman–Crippen LogP) is 5.26. The third-order valence-corrected chi connectivity index (χ3v) is 4.16. The zero-order valence-electron chi connectivity index (χ0n) is 19.1. The van der Waals surface area contributed by atoms with Crippen molar-refractivity contribution in [1.82, 2.24) is 0 Å². The van der Waals surface area contributed by atoms with Gasteiger partial charge in [0.05, 0.1) is 26.4 Å². The van der Waals surface area contributed by atoms with Crippen LogP contribution in [0.25, 0.3) is 0 Å². The average Bonchev–Trinajstić information content (AvgIpc) is 2.80. The average molecular weight is 455 g/mol. The Morgan fingerprint density at radius 1 is 0.606 bits per heavy atom. The van der Waals surface area contributed by atoms with Crippen molar-refractivity contribution in [3.63, 3.8) is 0 Å². The monoisotopic (exact) mass is 454 g/mol. The summed E-state index contributed by atoms with van der Waals surface area (Å²) in [6.07, 6.45) is 1.18. The first kappa shape index (κ1) is 25.5. The van der Waals surface area contributed by atoms with Crippen molar-refractivity contribution in [3.8, 4) is 23.0 Å². The molecule has 33 heavy (non-hydrogen) atoms. The highest BCUT2D eigenvalue weighted by atomic mass is 16.5. The minimum atomic E-state index is -0.391. The summed E-state index contributed by atoms with van der Waals surface area (Å²) in [4.78, 5) is 22.6. The molecular formula is C26H30O7. The van der Waals surface area contributed by atoms with Crippen LogP contribution >= 0.6 is 0 Å². The second-order valence-electron chi connectivity index (χ2n) is 7.28. The predicted molar refractivity (Wildman–Crippen MR) is 125 cm³/mol. The van der Waals surface area contributed by atoms with Crippen molar-refractivity contribution in [3.05, 3.63) is 72.8 Å². The van der Waals surface area contributed by atoms with Crippen LogP contribution < -0.4 is 14.2 Å². The Balaban J connectivity index is 1.66. The van der Waals surface area contributed by atoms with E-state index in [1.807, 2.05) is 48.5 Å². The zero-order chi connectivity index (χ0) is 24.1. The number of rotatable bonds is 14. The Labute approximate surface area is 194 Å². The highest BCUT2D eigenvalue weighted by molar-refractivity contribution is 5.87. The van der Waals surface area contributed by atoms with Gasteiger partial charge in [0.2, 0.25) is 0 Å². The molecule has 0 aliphatic heterocycles. The SMILES string of the molecule is C=C(C)C(=O)OCCCOc1ccc(Oc2ccc(OCCCOC(=O)C(=C)C)cc2)cc1. The topological polar surface area (TPSA) is 80.3 Å². The Kier molecular flexibility index (Phi) is 10.5. The van der Waals surface area contributed by atoms with Gasteiger partial charge < -0.3 is 23.7 Å². The van der Waals surface area contributed by atoms with Gasteiger partial charge in [-0.25, -0.2) is 9.59 Å². The molecule has 0 fully saturated rings. The van der Waals surface area contributed by atoms with E-state index >= 15 is 0 Å². The van der Waals surface area contributed by atoms with Crippen LogP contribution in [0.2, 0.25) is 0 Å². The second kappa shape index (κ2) is 13.6. The van der Waals surface area contributed by atoms with Gasteiger partial charge in [-0.05, 0) is 62.4 Å². The summed E-state index contributed by atoms with van der Waals surface area (Å²) in [6.45, 7) is 11.7. The van der Waals surface area contributed by atoms with Crippen LogP contribution in [-0.4, -0.2) is 38.4 Å². The van der Waals surface area contributed by atoms with Crippen molar-refractivity contribution in [2.75, 3.05) is 26.4 Å². The maximum atomic E-state index is 11.3. The van der Waals surface area contributed by atoms with E-state index in [2.05, 4.69) is 13.2 Å². The first-order valence-corrected chi connectivity index (χ1v) is 10.6. The van der Waals surface area contributed by atoms with E-state index < -0.39 is 11.9 Å². The van der Waals surface area contributed by atoms with Gasteiger partial charge in [0.25, 0.3) is 0 Å². The Hall–Kier alpha value is -3.74. The molecule has 0 N–H and O–H groups in total. The van der Waals surface area contributed by atoms with Gasteiger partial charge >= 0.3 is 11.9 Å². The number of hydrogen-bond acceptors (Lipinski definition) is 7. The maximum absolute atomic E-state index is 11.3. The molecule has 0 saturated heterocycles. The van der Waals surface area contributed by atoms with Crippen LogP contribution in [0.4, 0.5) is 0 Å². The van der Waals surface area contributed by atoms with Crippen molar-refractivity contribution in [1.29, 1.82) is 0 Å². The molecule has 7 nitrogen and oxygen atoms in total. The molecule has 0 aliphatic carbocycles. The van der Waals surface area contributed by atoms with E-state index in [0.717, 1.165) is 0 Å². The van der Waals surface area contributed by atoms with Crippen molar-refractivity contribution in [2.45, 2.75) is 26.7 Å². The quantitative estimate of drug-likeness (QED) is 0.219. The lowest BCUT2D eigenvalue weighted by molar-refractivity contribution is -0.140. The summed E-state index contributed by atoms with van der Waals surface area (Å²) in [5, 5.41) is 0. The fraction of sp³-hybridized carbons (Fsp3) is 0.308. The summed E-state index contributed by atoms with van der Waals surface area (Å²) < 4.78 is 27.1. The van der Waals surface area contributed by atoms with Crippen LogP contribution in [0, 0.1) is 0 Å². The van der Waals surface area contributed by atoms with Crippen LogP contribution in [0.15, 0.2) is 72.8 Å². The fourth-order valence-electron chi connectivity index (χ4n) is 2.42. The normalized spacial score (nSPS) is 10.1. The van der Waals surface area contributed by atoms with E-state index in [1.54, 1.807) is 13.8 Å². The van der Waals surface area contributed by atoms with E-state index in [0.29, 0.717) is 60.2 Å². The summed E-state index contributed by atoms with van der Waals surface area (Å²) in [5.41, 5.74) is 0.764. The summed E-state index contributed by atoms with van der Waals surface area (Å²) in [7, 11) is 0. The van der Waals surface area contributed by atoms with Gasteiger partial charge in [0.1, 0.15) is 23.0 Å². The van der Waals surface area contributed by atoms with Crippen molar-refractivity contribution in [2.24, 2.45) is 0 Å². The molecule has 0 aliphatic rings. The van der Waals surface area contributed by atoms with E-state index in [4.69, 9.17) is 23.7 Å². The third kappa shape index (κ3) is 9.95. The highest BCUT2D eigenvalue weighted by Gasteiger charge is 2.04. The smallest absolute Gasteiger partial charge is 0.333 e. The number of hydrogen-bond donors (Lipinski definition) is 0. The minimum Gasteiger partial charge on any atom is -0.493 e. The van der Waals surface area contributed by atoms with Gasteiger partial charge in [-0.3, -0.25) is 0 Å². The number of carbonyl (C=O) groups excluding carboxylic acids is 2. The molecule has 2 aromatic carbocycles. The van der Waals surface area contributed by atoms with Gasteiger partial charge in [0, 0.05) is 24.0 Å². The molecule has 0 amide bonds. The highest BCUT2D eigenvalue weighted by Crippen LogP contribution is 2.25. The molecule has 0 unspecified atom stereocenters. The lowest BCUT2D eigenvalue weighted by Gasteiger charge is -2.10. The van der Waals surface area contributed by atoms with Gasteiger partial charge in [-0.2, -0.15) is 0 Å². The fourth-order valence-corrected chi connectivity index (χ4v) is 2.42. The molecule has 0 spiro atoms. The molecule has 7 heteroatoms. The van der Waals surface area contributed by atoms with E-state index in [1.165, 1.54) is 0 Å². The van der Waals surface area contributed by atoms with Gasteiger partial charge in [0.15, 0.2) is 0 Å². The lowest BCUT2D eigenvalue weighted by Crippen LogP contribution is -2.09. The molecule has 0 radical (unpaired) electrons. The number of benzene rings is 2. The van der Waals surface area contributed by atoms with Crippen molar-refractivity contribution >= 4 is 11.9 Å². The Morgan fingerprint density at radius 3 is 1.27 bits per heavy atom. The molecule has 0 bridgehead atoms. The number of esters is 2. The first-order valence-electron chi connectivity index (χ1n) is 10.6. The molecule has 0 saturated carbocycles. The van der Waals surface area contributed by atoms with Crippen molar-refractivity contribution < 1.29 is 33.3 Å². The minimum absolute atomic E-state index is 0.287. The Bertz CT molecular complexity index is 853. The van der Waals surface area contributed by atoms with Gasteiger partial charge in [-0.1, -0.05) is 13.2 Å². The third-order valence-electron chi connectivity index (χ3n) is 4.16. The number of carbonyl (C=O) groups is 2. The summed E-state index contributed by atoms with van der Waals surface area (Å²) in [6, 6.07) is 14.5. The van der Waals surface area contributed by atoms with Crippen LogP contribution in [0.3, 0.4) is 0 Å². The molecule has 0 atom stereocenters. The molecule has 0 aromatic heterocycles. The zero-order valence-corrected chi connectivity index (χ0v) is 19.1. The molecule has 2 rings (SSSR count). The molecular weight excluding hydrogens is 424 g/mol. The summed E-state index contributed by atoms with van der Waals surface area (Å²) in [5.74, 6) is 1.96. The van der Waals surface area contributed by atoms with Gasteiger partial charge in [-0.15, -0.1) is 0 Å². The van der Waals surface area contributed by atoms with E-state index in [-0.39, 0.29) is 13.2 Å². The maximum Gasteiger partial charge on any atom is 0.333 e. The molecule has 0 heterocycles. The van der Waals surface area contributed by atoms with E-state index in [9.17, 15) is 9.59 Å².